The highest BCUT2D eigenvalue weighted by Crippen LogP contribution is 2.24. The number of aromatic nitrogens is 1. The van der Waals surface area contributed by atoms with E-state index in [4.69, 9.17) is 4.42 Å². The van der Waals surface area contributed by atoms with Crippen molar-refractivity contribution in [2.75, 3.05) is 5.32 Å². The molecule has 0 atom stereocenters. The van der Waals surface area contributed by atoms with Crippen molar-refractivity contribution in [3.63, 3.8) is 0 Å². The van der Waals surface area contributed by atoms with E-state index in [1.807, 2.05) is 19.1 Å². The van der Waals surface area contributed by atoms with Crippen molar-refractivity contribution in [2.45, 2.75) is 40.0 Å². The van der Waals surface area contributed by atoms with Crippen LogP contribution in [0.25, 0.3) is 11.5 Å². The Labute approximate surface area is 164 Å². The van der Waals surface area contributed by atoms with Crippen molar-refractivity contribution in [1.82, 2.24) is 4.98 Å². The van der Waals surface area contributed by atoms with Crippen LogP contribution in [0.4, 0.5) is 5.69 Å². The molecule has 0 radical (unpaired) electrons. The van der Waals surface area contributed by atoms with Crippen LogP contribution in [0.1, 0.15) is 54.1 Å². The molecule has 1 amide bonds. The summed E-state index contributed by atoms with van der Waals surface area (Å²) in [7, 11) is 0. The van der Waals surface area contributed by atoms with Gasteiger partial charge in [0.2, 0.25) is 11.8 Å². The number of nitrogens with zero attached hydrogens (tertiary/aromatic N) is 1. The van der Waals surface area contributed by atoms with E-state index in [-0.39, 0.29) is 18.1 Å². The topological polar surface area (TPSA) is 72.2 Å². The standard InChI is InChI=1S/C23H24N2O3/c1-14(2)17-5-7-19(8-6-17)23-25-21(16(4)28-23)13-22(27)24-20-11-9-18(10-12-20)15(3)26/h5-12,14H,13H2,1-4H3,(H,24,27). The lowest BCUT2D eigenvalue weighted by molar-refractivity contribution is -0.115. The molecular formula is C23H24N2O3. The van der Waals surface area contributed by atoms with Gasteiger partial charge in [-0.2, -0.15) is 0 Å². The zero-order chi connectivity index (χ0) is 20.3. The number of carbonyl (C=O) groups is 2. The molecule has 0 aliphatic heterocycles. The fraction of sp³-hybridized carbons (Fsp3) is 0.261. The lowest BCUT2D eigenvalue weighted by Gasteiger charge is -2.05. The van der Waals surface area contributed by atoms with Crippen molar-refractivity contribution in [2.24, 2.45) is 0 Å². The van der Waals surface area contributed by atoms with Gasteiger partial charge in [0.05, 0.1) is 12.1 Å². The Balaban J connectivity index is 1.69. The van der Waals surface area contributed by atoms with E-state index in [0.717, 1.165) is 5.56 Å². The predicted octanol–water partition coefficient (Wildman–Crippen LogP) is 5.16. The largest absolute Gasteiger partial charge is 0.441 e. The minimum atomic E-state index is -0.186. The molecule has 3 aromatic rings. The molecule has 2 aromatic carbocycles. The van der Waals surface area contributed by atoms with Gasteiger partial charge in [-0.25, -0.2) is 4.98 Å². The van der Waals surface area contributed by atoms with Gasteiger partial charge in [0.15, 0.2) is 5.78 Å². The van der Waals surface area contributed by atoms with Crippen LogP contribution < -0.4 is 5.32 Å². The number of amides is 1. The molecule has 0 saturated carbocycles. The summed E-state index contributed by atoms with van der Waals surface area (Å²) in [6.07, 6.45) is 0.119. The summed E-state index contributed by atoms with van der Waals surface area (Å²) < 4.78 is 5.77. The fourth-order valence-electron chi connectivity index (χ4n) is 2.87. The first-order chi connectivity index (χ1) is 13.3. The third-order valence-electron chi connectivity index (χ3n) is 4.62. The zero-order valence-electron chi connectivity index (χ0n) is 16.6. The van der Waals surface area contributed by atoms with E-state index in [9.17, 15) is 9.59 Å². The normalized spacial score (nSPS) is 10.9. The molecule has 0 spiro atoms. The van der Waals surface area contributed by atoms with Gasteiger partial charge in [-0.1, -0.05) is 26.0 Å². The van der Waals surface area contributed by atoms with Crippen LogP contribution in [-0.2, 0) is 11.2 Å². The third kappa shape index (κ3) is 4.55. The smallest absolute Gasteiger partial charge is 0.230 e. The quantitative estimate of drug-likeness (QED) is 0.603. The molecule has 5 nitrogen and oxygen atoms in total. The number of hydrogen-bond acceptors (Lipinski definition) is 4. The summed E-state index contributed by atoms with van der Waals surface area (Å²) in [6, 6.07) is 14.9. The molecule has 0 fully saturated rings. The summed E-state index contributed by atoms with van der Waals surface area (Å²) in [5.41, 5.74) is 4.00. The van der Waals surface area contributed by atoms with E-state index < -0.39 is 0 Å². The minimum absolute atomic E-state index is 0.00921. The third-order valence-corrected chi connectivity index (χ3v) is 4.62. The molecule has 0 aliphatic carbocycles. The van der Waals surface area contributed by atoms with Crippen LogP contribution in [0.2, 0.25) is 0 Å². The first kappa shape index (κ1) is 19.5. The Kier molecular flexibility index (Phi) is 5.73. The van der Waals surface area contributed by atoms with Crippen LogP contribution >= 0.6 is 0 Å². The van der Waals surface area contributed by atoms with Crippen molar-refractivity contribution in [1.29, 1.82) is 0 Å². The second-order valence-electron chi connectivity index (χ2n) is 7.16. The number of ketones is 1. The molecule has 144 valence electrons. The SMILES string of the molecule is CC(=O)c1ccc(NC(=O)Cc2nc(-c3ccc(C(C)C)cc3)oc2C)cc1. The first-order valence-electron chi connectivity index (χ1n) is 9.31. The fourth-order valence-corrected chi connectivity index (χ4v) is 2.87. The monoisotopic (exact) mass is 376 g/mol. The van der Waals surface area contributed by atoms with Gasteiger partial charge < -0.3 is 9.73 Å². The second kappa shape index (κ2) is 8.21. The highest BCUT2D eigenvalue weighted by molar-refractivity contribution is 5.96. The minimum Gasteiger partial charge on any atom is -0.441 e. The molecule has 0 bridgehead atoms. The van der Waals surface area contributed by atoms with E-state index in [1.165, 1.54) is 12.5 Å². The van der Waals surface area contributed by atoms with Crippen molar-refractivity contribution >= 4 is 17.4 Å². The number of aryl methyl sites for hydroxylation is 1. The van der Waals surface area contributed by atoms with Crippen molar-refractivity contribution in [3.05, 3.63) is 71.1 Å². The molecule has 1 N–H and O–H groups in total. The maximum atomic E-state index is 12.4. The van der Waals surface area contributed by atoms with Crippen LogP contribution in [0, 0.1) is 6.92 Å². The summed E-state index contributed by atoms with van der Waals surface area (Å²) in [4.78, 5) is 28.2. The van der Waals surface area contributed by atoms with E-state index in [2.05, 4.69) is 36.3 Å². The lowest BCUT2D eigenvalue weighted by atomic mass is 10.0. The Hall–Kier alpha value is -3.21. The molecule has 1 aromatic heterocycles. The van der Waals surface area contributed by atoms with E-state index in [0.29, 0.717) is 34.5 Å². The number of nitrogens with one attached hydrogen (secondary N) is 1. The van der Waals surface area contributed by atoms with E-state index in [1.54, 1.807) is 24.3 Å². The number of benzene rings is 2. The molecule has 0 aliphatic rings. The van der Waals surface area contributed by atoms with Gasteiger partial charge in [-0.05, 0) is 61.7 Å². The Bertz CT molecular complexity index is 984. The van der Waals surface area contributed by atoms with Crippen LogP contribution in [0.3, 0.4) is 0 Å². The highest BCUT2D eigenvalue weighted by atomic mass is 16.4. The van der Waals surface area contributed by atoms with E-state index >= 15 is 0 Å². The zero-order valence-corrected chi connectivity index (χ0v) is 16.6. The number of carbonyl (C=O) groups excluding carboxylic acids is 2. The van der Waals surface area contributed by atoms with Crippen LogP contribution in [0.5, 0.6) is 0 Å². The van der Waals surface area contributed by atoms with Gasteiger partial charge in [-0.15, -0.1) is 0 Å². The molecule has 3 rings (SSSR count). The molecule has 5 heteroatoms. The molecular weight excluding hydrogens is 352 g/mol. The number of rotatable bonds is 6. The maximum absolute atomic E-state index is 12.4. The lowest BCUT2D eigenvalue weighted by Crippen LogP contribution is -2.15. The summed E-state index contributed by atoms with van der Waals surface area (Å²) >= 11 is 0. The Morgan fingerprint density at radius 1 is 1.04 bits per heavy atom. The molecule has 28 heavy (non-hydrogen) atoms. The first-order valence-corrected chi connectivity index (χ1v) is 9.31. The predicted molar refractivity (Wildman–Crippen MR) is 110 cm³/mol. The maximum Gasteiger partial charge on any atom is 0.230 e. The number of hydrogen-bond donors (Lipinski definition) is 1. The number of Topliss-reactive ketones (excluding diaryl/α,β-unsaturated/α-hetero) is 1. The average Bonchev–Trinajstić information content (AvgIpc) is 3.02. The van der Waals surface area contributed by atoms with Gasteiger partial charge >= 0.3 is 0 Å². The highest BCUT2D eigenvalue weighted by Gasteiger charge is 2.15. The van der Waals surface area contributed by atoms with Gasteiger partial charge in [-0.3, -0.25) is 9.59 Å². The summed E-state index contributed by atoms with van der Waals surface area (Å²) in [5, 5.41) is 2.82. The van der Waals surface area contributed by atoms with Crippen molar-refractivity contribution in [3.8, 4) is 11.5 Å². The van der Waals surface area contributed by atoms with Crippen molar-refractivity contribution < 1.29 is 14.0 Å². The molecule has 1 heterocycles. The van der Waals surface area contributed by atoms with Gasteiger partial charge in [0.25, 0.3) is 0 Å². The Morgan fingerprint density at radius 3 is 2.25 bits per heavy atom. The molecule has 0 saturated heterocycles. The molecule has 0 unspecified atom stereocenters. The van der Waals surface area contributed by atoms with Gasteiger partial charge in [0, 0.05) is 16.8 Å². The summed E-state index contributed by atoms with van der Waals surface area (Å²) in [5.74, 6) is 1.41. The second-order valence-corrected chi connectivity index (χ2v) is 7.16. The summed E-state index contributed by atoms with van der Waals surface area (Å²) in [6.45, 7) is 7.61. The van der Waals surface area contributed by atoms with Crippen LogP contribution in [-0.4, -0.2) is 16.7 Å². The van der Waals surface area contributed by atoms with Gasteiger partial charge in [0.1, 0.15) is 5.76 Å². The Morgan fingerprint density at radius 2 is 1.68 bits per heavy atom. The average molecular weight is 376 g/mol. The van der Waals surface area contributed by atoms with Crippen LogP contribution in [0.15, 0.2) is 52.9 Å². The number of oxazole rings is 1. The number of anilines is 1.